The van der Waals surface area contributed by atoms with Crippen molar-refractivity contribution in [2.45, 2.75) is 54.4 Å². The highest BCUT2D eigenvalue weighted by Gasteiger charge is 2.14. The van der Waals surface area contributed by atoms with Crippen LogP contribution in [0.5, 0.6) is 5.75 Å². The van der Waals surface area contributed by atoms with E-state index in [0.717, 1.165) is 12.2 Å². The number of aryl methyl sites for hydroxylation is 1. The number of hydrogen-bond donors (Lipinski definition) is 0. The number of carbonyl (C=O) groups excluding carboxylic acids is 1. The molecule has 19 heavy (non-hydrogen) atoms. The van der Waals surface area contributed by atoms with E-state index in [1.807, 2.05) is 6.92 Å². The Morgan fingerprint density at radius 1 is 1.26 bits per heavy atom. The molecule has 0 radical (unpaired) electrons. The second-order valence-corrected chi connectivity index (χ2v) is 5.57. The van der Waals surface area contributed by atoms with Gasteiger partial charge in [-0.05, 0) is 75.3 Å². The molecule has 0 saturated heterocycles. The van der Waals surface area contributed by atoms with Gasteiger partial charge in [0.15, 0.2) is 0 Å². The molecule has 1 aromatic carbocycles. The molecule has 1 rings (SSSR count). The lowest BCUT2D eigenvalue weighted by Crippen LogP contribution is -2.09. The zero-order valence-corrected chi connectivity index (χ0v) is 13.1. The van der Waals surface area contributed by atoms with Gasteiger partial charge in [-0.25, -0.2) is 0 Å². The molecular formula is C17H26O2. The Morgan fingerprint density at radius 2 is 1.89 bits per heavy atom. The Labute approximate surface area is 117 Å². The van der Waals surface area contributed by atoms with Crippen LogP contribution in [-0.2, 0) is 11.2 Å². The van der Waals surface area contributed by atoms with Gasteiger partial charge in [-0.2, -0.15) is 0 Å². The zero-order valence-electron chi connectivity index (χ0n) is 13.1. The maximum Gasteiger partial charge on any atom is 0.130 e. The Balaban J connectivity index is 3.02. The van der Waals surface area contributed by atoms with E-state index in [-0.39, 0.29) is 5.78 Å². The molecule has 1 aromatic rings. The lowest BCUT2D eigenvalue weighted by molar-refractivity contribution is -0.117. The molecular weight excluding hydrogens is 236 g/mol. The maximum absolute atomic E-state index is 11.2. The Hall–Kier alpha value is -1.31. The molecule has 0 aliphatic carbocycles. The van der Waals surface area contributed by atoms with E-state index in [2.05, 4.69) is 33.8 Å². The number of carbonyl (C=O) groups is 1. The Kier molecular flexibility index (Phi) is 5.59. The summed E-state index contributed by atoms with van der Waals surface area (Å²) in [6.07, 6.45) is 1.62. The first kappa shape index (κ1) is 15.7. The summed E-state index contributed by atoms with van der Waals surface area (Å²) in [4.78, 5) is 11.2. The van der Waals surface area contributed by atoms with Crippen LogP contribution in [0, 0.1) is 26.7 Å². The summed E-state index contributed by atoms with van der Waals surface area (Å²) in [7, 11) is 0. The highest BCUT2D eigenvalue weighted by molar-refractivity contribution is 5.75. The highest BCUT2D eigenvalue weighted by atomic mass is 16.5. The van der Waals surface area contributed by atoms with Crippen molar-refractivity contribution in [2.75, 3.05) is 6.61 Å². The van der Waals surface area contributed by atoms with E-state index in [4.69, 9.17) is 4.74 Å². The molecule has 0 aliphatic heterocycles. The summed E-state index contributed by atoms with van der Waals surface area (Å²) < 4.78 is 5.67. The second-order valence-electron chi connectivity index (χ2n) is 5.57. The number of ketones is 1. The summed E-state index contributed by atoms with van der Waals surface area (Å²) in [5, 5.41) is 0. The molecule has 0 amide bonds. The van der Waals surface area contributed by atoms with E-state index in [9.17, 15) is 4.79 Å². The van der Waals surface area contributed by atoms with Crippen LogP contribution >= 0.6 is 0 Å². The summed E-state index contributed by atoms with van der Waals surface area (Å²) >= 11 is 0. The SMILES string of the molecule is CCOc1cc(C)c(CC(C)CC(C)=O)c(C)c1C. The average molecular weight is 262 g/mol. The molecule has 0 aliphatic rings. The van der Waals surface area contributed by atoms with E-state index in [1.54, 1.807) is 6.92 Å². The first-order valence-electron chi connectivity index (χ1n) is 7.08. The molecule has 1 unspecified atom stereocenters. The predicted octanol–water partition coefficient (Wildman–Crippen LogP) is 4.17. The monoisotopic (exact) mass is 262 g/mol. The van der Waals surface area contributed by atoms with Crippen LogP contribution in [0.15, 0.2) is 6.07 Å². The molecule has 2 heteroatoms. The summed E-state index contributed by atoms with van der Waals surface area (Å²) in [6.45, 7) is 12.9. The molecule has 0 saturated carbocycles. The smallest absolute Gasteiger partial charge is 0.130 e. The van der Waals surface area contributed by atoms with Gasteiger partial charge in [0.25, 0.3) is 0 Å². The first-order valence-corrected chi connectivity index (χ1v) is 7.08. The van der Waals surface area contributed by atoms with Crippen LogP contribution in [0.25, 0.3) is 0 Å². The van der Waals surface area contributed by atoms with Crippen molar-refractivity contribution >= 4 is 5.78 Å². The third kappa shape index (κ3) is 4.09. The van der Waals surface area contributed by atoms with Gasteiger partial charge in [-0.3, -0.25) is 0 Å². The van der Waals surface area contributed by atoms with E-state index < -0.39 is 0 Å². The number of rotatable bonds is 6. The fourth-order valence-corrected chi connectivity index (χ4v) is 2.63. The van der Waals surface area contributed by atoms with Crippen LogP contribution in [0.4, 0.5) is 0 Å². The van der Waals surface area contributed by atoms with Gasteiger partial charge < -0.3 is 9.53 Å². The van der Waals surface area contributed by atoms with Crippen molar-refractivity contribution in [3.05, 3.63) is 28.3 Å². The van der Waals surface area contributed by atoms with Gasteiger partial charge in [0, 0.05) is 6.42 Å². The average Bonchev–Trinajstić information content (AvgIpc) is 2.31. The van der Waals surface area contributed by atoms with Crippen LogP contribution in [0.1, 0.15) is 49.4 Å². The highest BCUT2D eigenvalue weighted by Crippen LogP contribution is 2.29. The predicted molar refractivity (Wildman–Crippen MR) is 80.0 cm³/mol. The Morgan fingerprint density at radius 3 is 2.42 bits per heavy atom. The van der Waals surface area contributed by atoms with Crippen LogP contribution in [0.2, 0.25) is 0 Å². The van der Waals surface area contributed by atoms with E-state index in [0.29, 0.717) is 18.9 Å². The first-order chi connectivity index (χ1) is 8.86. The molecule has 1 atom stereocenters. The molecule has 2 nitrogen and oxygen atoms in total. The fraction of sp³-hybridized carbons (Fsp3) is 0.588. The van der Waals surface area contributed by atoms with Crippen LogP contribution in [-0.4, -0.2) is 12.4 Å². The molecule has 0 heterocycles. The van der Waals surface area contributed by atoms with Gasteiger partial charge in [0.1, 0.15) is 11.5 Å². The van der Waals surface area contributed by atoms with Gasteiger partial charge in [0.05, 0.1) is 6.61 Å². The second kappa shape index (κ2) is 6.74. The number of Topliss-reactive ketones (excluding diaryl/α,β-unsaturated/α-hetero) is 1. The van der Waals surface area contributed by atoms with Crippen molar-refractivity contribution in [3.8, 4) is 5.75 Å². The summed E-state index contributed by atoms with van der Waals surface area (Å²) in [5.41, 5.74) is 5.16. The molecule has 0 N–H and O–H groups in total. The van der Waals surface area contributed by atoms with Gasteiger partial charge in [-0.1, -0.05) is 6.92 Å². The third-order valence-electron chi connectivity index (χ3n) is 3.70. The third-order valence-corrected chi connectivity index (χ3v) is 3.70. The van der Waals surface area contributed by atoms with Crippen molar-refractivity contribution in [3.63, 3.8) is 0 Å². The van der Waals surface area contributed by atoms with Crippen molar-refractivity contribution in [1.82, 2.24) is 0 Å². The minimum Gasteiger partial charge on any atom is -0.494 e. The quantitative estimate of drug-likeness (QED) is 0.769. The van der Waals surface area contributed by atoms with Gasteiger partial charge >= 0.3 is 0 Å². The lowest BCUT2D eigenvalue weighted by atomic mass is 9.89. The van der Waals surface area contributed by atoms with Gasteiger partial charge in [-0.15, -0.1) is 0 Å². The normalized spacial score (nSPS) is 12.3. The number of hydrogen-bond acceptors (Lipinski definition) is 2. The molecule has 0 fully saturated rings. The van der Waals surface area contributed by atoms with Crippen molar-refractivity contribution in [1.29, 1.82) is 0 Å². The van der Waals surface area contributed by atoms with Crippen molar-refractivity contribution in [2.24, 2.45) is 5.92 Å². The van der Waals surface area contributed by atoms with E-state index in [1.165, 1.54) is 22.3 Å². The molecule has 106 valence electrons. The minimum absolute atomic E-state index is 0.269. The standard InChI is InChI=1S/C17H26O2/c1-7-19-17-10-12(3)16(14(5)15(17)6)9-11(2)8-13(4)18/h10-11H,7-9H2,1-6H3. The summed E-state index contributed by atoms with van der Waals surface area (Å²) in [6, 6.07) is 2.13. The van der Waals surface area contributed by atoms with Crippen LogP contribution in [0.3, 0.4) is 0 Å². The van der Waals surface area contributed by atoms with Crippen molar-refractivity contribution < 1.29 is 9.53 Å². The molecule has 0 bridgehead atoms. The topological polar surface area (TPSA) is 26.3 Å². The van der Waals surface area contributed by atoms with Crippen LogP contribution < -0.4 is 4.74 Å². The lowest BCUT2D eigenvalue weighted by Gasteiger charge is -2.19. The van der Waals surface area contributed by atoms with E-state index >= 15 is 0 Å². The fourth-order valence-electron chi connectivity index (χ4n) is 2.63. The zero-order chi connectivity index (χ0) is 14.6. The Bertz CT molecular complexity index is 461. The number of benzene rings is 1. The van der Waals surface area contributed by atoms with Gasteiger partial charge in [0.2, 0.25) is 0 Å². The molecule has 0 spiro atoms. The minimum atomic E-state index is 0.269. The largest absolute Gasteiger partial charge is 0.494 e. The number of ether oxygens (including phenoxy) is 1. The summed E-state index contributed by atoms with van der Waals surface area (Å²) in [5.74, 6) is 1.65. The maximum atomic E-state index is 11.2. The molecule has 0 aromatic heterocycles.